The summed E-state index contributed by atoms with van der Waals surface area (Å²) >= 11 is 0. The van der Waals surface area contributed by atoms with E-state index in [1.54, 1.807) is 13.8 Å². The number of sulfonamides is 1. The molecule has 0 unspecified atom stereocenters. The smallest absolute Gasteiger partial charge is 0.266 e. The molecule has 0 spiro atoms. The van der Waals surface area contributed by atoms with Gasteiger partial charge in [-0.05, 0) is 13.8 Å². The Morgan fingerprint density at radius 1 is 1.54 bits per heavy atom. The van der Waals surface area contributed by atoms with E-state index in [4.69, 9.17) is 10.6 Å². The van der Waals surface area contributed by atoms with Crippen molar-refractivity contribution < 1.29 is 13.6 Å². The number of nitrogens with zero attached hydrogens (tertiary/aromatic N) is 2. The van der Waals surface area contributed by atoms with Crippen LogP contribution in [0.5, 0.6) is 0 Å². The van der Waals surface area contributed by atoms with E-state index in [0.717, 1.165) is 4.31 Å². The molecule has 1 aliphatic rings. The Morgan fingerprint density at radius 3 is 2.15 bits per heavy atom. The highest BCUT2D eigenvalue weighted by Crippen LogP contribution is 2.28. The zero-order valence-electron chi connectivity index (χ0n) is 7.57. The SMILES string of the molecule is CN1C(C)(C)C(=N)/C(=N/O)S1(=O)=O. The van der Waals surface area contributed by atoms with Gasteiger partial charge in [0, 0.05) is 7.05 Å². The Bertz CT molecular complexity index is 382. The van der Waals surface area contributed by atoms with Gasteiger partial charge in [0.1, 0.15) is 0 Å². The zero-order chi connectivity index (χ0) is 10.4. The van der Waals surface area contributed by atoms with Crippen molar-refractivity contribution >= 4 is 20.8 Å². The van der Waals surface area contributed by atoms with Crippen molar-refractivity contribution in [2.75, 3.05) is 7.05 Å². The molecule has 7 heteroatoms. The molecule has 1 aliphatic heterocycles. The van der Waals surface area contributed by atoms with E-state index in [-0.39, 0.29) is 5.71 Å². The summed E-state index contributed by atoms with van der Waals surface area (Å²) in [5.74, 6) is 0. The standard InChI is InChI=1S/C6H11N3O3S/c1-6(2)4(7)5(8-10)13(11,12)9(6)3/h7,10H,1-3H3/b7-4?,8-5-. The van der Waals surface area contributed by atoms with Crippen molar-refractivity contribution in [3.8, 4) is 0 Å². The third-order valence-electron chi connectivity index (χ3n) is 2.31. The van der Waals surface area contributed by atoms with Crippen LogP contribution in [-0.2, 0) is 10.0 Å². The van der Waals surface area contributed by atoms with Crippen molar-refractivity contribution in [3.05, 3.63) is 0 Å². The molecule has 0 aromatic rings. The largest absolute Gasteiger partial charge is 0.410 e. The van der Waals surface area contributed by atoms with Gasteiger partial charge in [0.05, 0.1) is 11.3 Å². The molecule has 0 radical (unpaired) electrons. The predicted octanol–water partition coefficient (Wildman–Crippen LogP) is -0.152. The van der Waals surface area contributed by atoms with Gasteiger partial charge in [-0.15, -0.1) is 0 Å². The highest BCUT2D eigenvalue weighted by Gasteiger charge is 2.51. The Hall–Kier alpha value is -0.950. The maximum Gasteiger partial charge on any atom is 0.266 e. The first-order valence-electron chi connectivity index (χ1n) is 3.56. The van der Waals surface area contributed by atoms with Gasteiger partial charge in [-0.2, -0.15) is 4.31 Å². The lowest BCUT2D eigenvalue weighted by Gasteiger charge is -2.23. The van der Waals surface area contributed by atoms with Crippen LogP contribution >= 0.6 is 0 Å². The summed E-state index contributed by atoms with van der Waals surface area (Å²) < 4.78 is 23.9. The summed E-state index contributed by atoms with van der Waals surface area (Å²) in [4.78, 5) is 0. The second kappa shape index (κ2) is 2.52. The molecular formula is C6H11N3O3S. The summed E-state index contributed by atoms with van der Waals surface area (Å²) in [5.41, 5.74) is -1.14. The van der Waals surface area contributed by atoms with Gasteiger partial charge in [0.15, 0.2) is 0 Å². The normalized spacial score (nSPS) is 29.8. The van der Waals surface area contributed by atoms with E-state index in [0.29, 0.717) is 0 Å². The quantitative estimate of drug-likeness (QED) is 0.425. The van der Waals surface area contributed by atoms with Gasteiger partial charge in [0.2, 0.25) is 5.04 Å². The van der Waals surface area contributed by atoms with Crippen LogP contribution in [0.2, 0.25) is 0 Å². The number of nitrogens with one attached hydrogen (secondary N) is 1. The fourth-order valence-corrected chi connectivity index (χ4v) is 2.64. The fraction of sp³-hybridized carbons (Fsp3) is 0.667. The molecule has 0 atom stereocenters. The Labute approximate surface area is 76.4 Å². The first-order valence-corrected chi connectivity index (χ1v) is 5.00. The van der Waals surface area contributed by atoms with Gasteiger partial charge in [-0.3, -0.25) is 0 Å². The number of oxime groups is 1. The fourth-order valence-electron chi connectivity index (χ4n) is 1.08. The van der Waals surface area contributed by atoms with Crippen LogP contribution < -0.4 is 0 Å². The molecule has 0 amide bonds. The molecule has 0 aliphatic carbocycles. The highest BCUT2D eigenvalue weighted by atomic mass is 32.2. The Kier molecular flexibility index (Phi) is 1.96. The van der Waals surface area contributed by atoms with Gasteiger partial charge in [0.25, 0.3) is 10.0 Å². The minimum absolute atomic E-state index is 0.197. The first kappa shape index (κ1) is 10.1. The Balaban J connectivity index is 3.46. The van der Waals surface area contributed by atoms with E-state index in [1.165, 1.54) is 7.05 Å². The lowest BCUT2D eigenvalue weighted by atomic mass is 10.00. The number of hydrogen-bond donors (Lipinski definition) is 2. The van der Waals surface area contributed by atoms with E-state index in [9.17, 15) is 8.42 Å². The van der Waals surface area contributed by atoms with Crippen molar-refractivity contribution in [1.29, 1.82) is 5.41 Å². The van der Waals surface area contributed by atoms with Crippen molar-refractivity contribution in [3.63, 3.8) is 0 Å². The lowest BCUT2D eigenvalue weighted by molar-refractivity contribution is 0.321. The monoisotopic (exact) mass is 205 g/mol. The van der Waals surface area contributed by atoms with Crippen LogP contribution in [0, 0.1) is 5.41 Å². The summed E-state index contributed by atoms with van der Waals surface area (Å²) in [6.45, 7) is 3.15. The van der Waals surface area contributed by atoms with Crippen LogP contribution in [0.25, 0.3) is 0 Å². The molecule has 0 saturated carbocycles. The predicted molar refractivity (Wildman–Crippen MR) is 47.7 cm³/mol. The minimum Gasteiger partial charge on any atom is -0.410 e. The van der Waals surface area contributed by atoms with Crippen molar-refractivity contribution in [2.45, 2.75) is 19.4 Å². The molecule has 1 heterocycles. The van der Waals surface area contributed by atoms with Crippen LogP contribution in [0.3, 0.4) is 0 Å². The van der Waals surface area contributed by atoms with Crippen LogP contribution in [0.15, 0.2) is 5.16 Å². The average Bonchev–Trinajstić information content (AvgIpc) is 2.12. The minimum atomic E-state index is -3.76. The molecule has 1 saturated heterocycles. The maximum absolute atomic E-state index is 11.4. The van der Waals surface area contributed by atoms with E-state index in [1.807, 2.05) is 0 Å². The average molecular weight is 205 g/mol. The second-order valence-electron chi connectivity index (χ2n) is 3.31. The van der Waals surface area contributed by atoms with Crippen molar-refractivity contribution in [2.24, 2.45) is 5.16 Å². The molecule has 13 heavy (non-hydrogen) atoms. The second-order valence-corrected chi connectivity index (χ2v) is 5.20. The van der Waals surface area contributed by atoms with Crippen LogP contribution in [0.1, 0.15) is 13.8 Å². The molecule has 0 aromatic carbocycles. The zero-order valence-corrected chi connectivity index (χ0v) is 8.38. The third kappa shape index (κ3) is 1.07. The summed E-state index contributed by atoms with van der Waals surface area (Å²) in [6, 6.07) is 0. The first-order chi connectivity index (χ1) is 5.76. The molecule has 2 N–H and O–H groups in total. The molecular weight excluding hydrogens is 194 g/mol. The Morgan fingerprint density at radius 2 is 2.00 bits per heavy atom. The highest BCUT2D eigenvalue weighted by molar-refractivity contribution is 8.07. The topological polar surface area (TPSA) is 93.8 Å². The number of rotatable bonds is 0. The summed E-state index contributed by atoms with van der Waals surface area (Å²) in [7, 11) is -2.41. The van der Waals surface area contributed by atoms with Gasteiger partial charge < -0.3 is 10.6 Å². The van der Waals surface area contributed by atoms with E-state index in [2.05, 4.69) is 5.16 Å². The molecule has 1 rings (SSSR count). The molecule has 1 fully saturated rings. The third-order valence-corrected chi connectivity index (χ3v) is 4.26. The van der Waals surface area contributed by atoms with E-state index >= 15 is 0 Å². The molecule has 74 valence electrons. The van der Waals surface area contributed by atoms with Crippen LogP contribution in [-0.4, -0.2) is 41.3 Å². The molecule has 0 aromatic heterocycles. The van der Waals surface area contributed by atoms with Crippen LogP contribution in [0.4, 0.5) is 0 Å². The van der Waals surface area contributed by atoms with Crippen molar-refractivity contribution in [1.82, 2.24) is 4.31 Å². The number of hydrogen-bond acceptors (Lipinski definition) is 5. The summed E-state index contributed by atoms with van der Waals surface area (Å²) in [6.07, 6.45) is 0. The molecule has 6 nitrogen and oxygen atoms in total. The molecule has 0 bridgehead atoms. The maximum atomic E-state index is 11.4. The van der Waals surface area contributed by atoms with Gasteiger partial charge in [-0.1, -0.05) is 5.16 Å². The van der Waals surface area contributed by atoms with E-state index < -0.39 is 20.6 Å². The lowest BCUT2D eigenvalue weighted by Crippen LogP contribution is -2.41. The summed E-state index contributed by atoms with van der Waals surface area (Å²) in [5, 5.41) is 18.0. The van der Waals surface area contributed by atoms with Gasteiger partial charge >= 0.3 is 0 Å². The van der Waals surface area contributed by atoms with Gasteiger partial charge in [-0.25, -0.2) is 8.42 Å².